The minimum Gasteiger partial charge on any atom is -0.314 e. The van der Waals surface area contributed by atoms with E-state index >= 15 is 0 Å². The fraction of sp³-hybridized carbons (Fsp3) is 1.00. The van der Waals surface area contributed by atoms with E-state index in [-0.39, 0.29) is 5.88 Å². The van der Waals surface area contributed by atoms with Crippen molar-refractivity contribution in [2.75, 3.05) is 32.1 Å². The largest absolute Gasteiger partial charge is 0.314 e. The van der Waals surface area contributed by atoms with E-state index in [0.717, 1.165) is 13.1 Å². The molecule has 5 nitrogen and oxygen atoms in total. The lowest BCUT2D eigenvalue weighted by Gasteiger charge is -2.25. The molecule has 0 aromatic carbocycles. The average Bonchev–Trinajstić information content (AvgIpc) is 1.85. The molecule has 1 aliphatic rings. The maximum absolute atomic E-state index is 10.4. The third kappa shape index (κ3) is 3.66. The molecule has 0 spiro atoms. The summed E-state index contributed by atoms with van der Waals surface area (Å²) >= 11 is 0. The van der Waals surface area contributed by atoms with Crippen LogP contribution in [-0.4, -0.2) is 49.9 Å². The second-order valence-electron chi connectivity index (χ2n) is 2.58. The molecule has 0 saturated carbocycles. The molecule has 0 bridgehead atoms. The number of rotatable bonds is 2. The predicted octanol–water partition coefficient (Wildman–Crippen LogP) is -1.26. The van der Waals surface area contributed by atoms with E-state index in [4.69, 9.17) is 4.55 Å². The fourth-order valence-electron chi connectivity index (χ4n) is 1.07. The van der Waals surface area contributed by atoms with Gasteiger partial charge in [0.25, 0.3) is 10.1 Å². The molecular formula is C5H12N2O3S. The molecule has 0 aliphatic carbocycles. The molecule has 1 aliphatic heterocycles. The summed E-state index contributed by atoms with van der Waals surface area (Å²) in [4.78, 5) is 1.70. The minimum absolute atomic E-state index is 0.241. The van der Waals surface area contributed by atoms with Crippen LogP contribution < -0.4 is 5.32 Å². The molecule has 0 amide bonds. The van der Waals surface area contributed by atoms with Crippen molar-refractivity contribution >= 4 is 10.1 Å². The standard InChI is InChI=1S/C5H12N2O3S/c8-11(9,10)5-7-3-1-6-2-4-7/h6H,1-5H2,(H,8,9,10). The maximum Gasteiger partial charge on any atom is 0.278 e. The normalized spacial score (nSPS) is 21.9. The molecule has 0 atom stereocenters. The van der Waals surface area contributed by atoms with E-state index in [1.807, 2.05) is 0 Å². The Balaban J connectivity index is 2.36. The summed E-state index contributed by atoms with van der Waals surface area (Å²) in [7, 11) is -3.83. The highest BCUT2D eigenvalue weighted by Gasteiger charge is 2.15. The van der Waals surface area contributed by atoms with Gasteiger partial charge in [-0.15, -0.1) is 0 Å². The Bertz CT molecular complexity index is 208. The van der Waals surface area contributed by atoms with Gasteiger partial charge in [0.1, 0.15) is 5.88 Å². The molecule has 6 heteroatoms. The number of nitrogens with one attached hydrogen (secondary N) is 1. The SMILES string of the molecule is O=S(=O)(O)CN1CCNCC1. The fourth-order valence-corrected chi connectivity index (χ4v) is 1.79. The van der Waals surface area contributed by atoms with E-state index in [0.29, 0.717) is 13.1 Å². The van der Waals surface area contributed by atoms with Crippen LogP contribution in [0.15, 0.2) is 0 Å². The van der Waals surface area contributed by atoms with E-state index in [1.165, 1.54) is 0 Å². The third-order valence-electron chi connectivity index (χ3n) is 1.56. The van der Waals surface area contributed by atoms with Crippen molar-refractivity contribution in [3.63, 3.8) is 0 Å². The molecule has 66 valence electrons. The zero-order valence-electron chi connectivity index (χ0n) is 6.15. The van der Waals surface area contributed by atoms with Crippen LogP contribution in [0.1, 0.15) is 0 Å². The Hall–Kier alpha value is -0.170. The van der Waals surface area contributed by atoms with E-state index < -0.39 is 10.1 Å². The van der Waals surface area contributed by atoms with Crippen molar-refractivity contribution in [1.82, 2.24) is 10.2 Å². The molecule has 1 heterocycles. The topological polar surface area (TPSA) is 69.6 Å². The van der Waals surface area contributed by atoms with Gasteiger partial charge in [-0.05, 0) is 0 Å². The lowest BCUT2D eigenvalue weighted by atomic mass is 10.4. The summed E-state index contributed by atoms with van der Waals surface area (Å²) < 4.78 is 29.3. The zero-order valence-corrected chi connectivity index (χ0v) is 6.97. The van der Waals surface area contributed by atoms with Gasteiger partial charge in [0.15, 0.2) is 0 Å². The summed E-state index contributed by atoms with van der Waals surface area (Å²) in [5, 5.41) is 3.08. The summed E-state index contributed by atoms with van der Waals surface area (Å²) in [6.07, 6.45) is 0. The predicted molar refractivity (Wildman–Crippen MR) is 40.9 cm³/mol. The first-order valence-electron chi connectivity index (χ1n) is 3.46. The maximum atomic E-state index is 10.4. The third-order valence-corrected chi connectivity index (χ3v) is 2.25. The van der Waals surface area contributed by atoms with Gasteiger partial charge in [-0.3, -0.25) is 9.45 Å². The molecule has 0 unspecified atom stereocenters. The summed E-state index contributed by atoms with van der Waals surface area (Å²) in [5.74, 6) is -0.241. The van der Waals surface area contributed by atoms with Gasteiger partial charge in [0, 0.05) is 26.2 Å². The molecule has 0 radical (unpaired) electrons. The Morgan fingerprint density at radius 1 is 1.36 bits per heavy atom. The smallest absolute Gasteiger partial charge is 0.278 e. The summed E-state index contributed by atoms with van der Waals surface area (Å²) in [6.45, 7) is 2.94. The van der Waals surface area contributed by atoms with Gasteiger partial charge in [-0.25, -0.2) is 0 Å². The lowest BCUT2D eigenvalue weighted by molar-refractivity contribution is 0.267. The van der Waals surface area contributed by atoms with Crippen LogP contribution in [0.2, 0.25) is 0 Å². The Morgan fingerprint density at radius 3 is 2.36 bits per heavy atom. The first kappa shape index (κ1) is 8.92. The molecule has 1 fully saturated rings. The lowest BCUT2D eigenvalue weighted by Crippen LogP contribution is -2.45. The molecule has 0 aromatic rings. The minimum atomic E-state index is -3.83. The van der Waals surface area contributed by atoms with Crippen LogP contribution in [0.3, 0.4) is 0 Å². The number of hydrogen-bond donors (Lipinski definition) is 2. The van der Waals surface area contributed by atoms with Crippen LogP contribution in [-0.2, 0) is 10.1 Å². The van der Waals surface area contributed by atoms with Crippen molar-refractivity contribution in [1.29, 1.82) is 0 Å². The van der Waals surface area contributed by atoms with E-state index in [2.05, 4.69) is 5.32 Å². The van der Waals surface area contributed by atoms with Crippen molar-refractivity contribution in [3.8, 4) is 0 Å². The second kappa shape index (κ2) is 3.48. The first-order chi connectivity index (χ1) is 5.08. The number of nitrogens with zero attached hydrogens (tertiary/aromatic N) is 1. The molecule has 11 heavy (non-hydrogen) atoms. The second-order valence-corrected chi connectivity index (χ2v) is 4.00. The highest BCUT2D eigenvalue weighted by atomic mass is 32.2. The van der Waals surface area contributed by atoms with Gasteiger partial charge in [-0.1, -0.05) is 0 Å². The van der Waals surface area contributed by atoms with Crippen LogP contribution >= 0.6 is 0 Å². The van der Waals surface area contributed by atoms with Gasteiger partial charge in [-0.2, -0.15) is 8.42 Å². The van der Waals surface area contributed by atoms with E-state index in [1.54, 1.807) is 4.90 Å². The molecule has 1 rings (SSSR count). The van der Waals surface area contributed by atoms with E-state index in [9.17, 15) is 8.42 Å². The number of hydrogen-bond acceptors (Lipinski definition) is 4. The average molecular weight is 180 g/mol. The van der Waals surface area contributed by atoms with Crippen molar-refractivity contribution < 1.29 is 13.0 Å². The zero-order chi connectivity index (χ0) is 8.32. The van der Waals surface area contributed by atoms with Gasteiger partial charge in [0.2, 0.25) is 0 Å². The highest BCUT2D eigenvalue weighted by molar-refractivity contribution is 7.85. The van der Waals surface area contributed by atoms with Gasteiger partial charge < -0.3 is 5.32 Å². The Kier molecular flexibility index (Phi) is 2.83. The Morgan fingerprint density at radius 2 is 1.91 bits per heavy atom. The summed E-state index contributed by atoms with van der Waals surface area (Å²) in [6, 6.07) is 0. The van der Waals surface area contributed by atoms with Crippen molar-refractivity contribution in [3.05, 3.63) is 0 Å². The summed E-state index contributed by atoms with van der Waals surface area (Å²) in [5.41, 5.74) is 0. The van der Waals surface area contributed by atoms with Crippen molar-refractivity contribution in [2.24, 2.45) is 0 Å². The van der Waals surface area contributed by atoms with Crippen LogP contribution in [0.25, 0.3) is 0 Å². The number of piperazine rings is 1. The van der Waals surface area contributed by atoms with Gasteiger partial charge in [0.05, 0.1) is 0 Å². The molecule has 0 aromatic heterocycles. The molecular weight excluding hydrogens is 168 g/mol. The first-order valence-corrected chi connectivity index (χ1v) is 5.07. The van der Waals surface area contributed by atoms with Gasteiger partial charge >= 0.3 is 0 Å². The quantitative estimate of drug-likeness (QED) is 0.519. The van der Waals surface area contributed by atoms with Crippen LogP contribution in [0, 0.1) is 0 Å². The van der Waals surface area contributed by atoms with Crippen LogP contribution in [0.4, 0.5) is 0 Å². The highest BCUT2D eigenvalue weighted by Crippen LogP contribution is 1.94. The van der Waals surface area contributed by atoms with Crippen LogP contribution in [0.5, 0.6) is 0 Å². The Labute approximate surface area is 66.1 Å². The molecule has 1 saturated heterocycles. The monoisotopic (exact) mass is 180 g/mol. The van der Waals surface area contributed by atoms with Crippen molar-refractivity contribution in [2.45, 2.75) is 0 Å². The molecule has 2 N–H and O–H groups in total.